The van der Waals surface area contributed by atoms with Crippen LogP contribution in [0.25, 0.3) is 11.0 Å². The largest absolute Gasteiger partial charge is 0.343 e. The van der Waals surface area contributed by atoms with E-state index in [9.17, 15) is 9.59 Å². The van der Waals surface area contributed by atoms with Crippen LogP contribution in [0.4, 0.5) is 0 Å². The Morgan fingerprint density at radius 2 is 1.95 bits per heavy atom. The molecule has 5 heteroatoms. The number of fused-ring (bicyclic) bond motifs is 1. The van der Waals surface area contributed by atoms with Crippen molar-refractivity contribution in [1.82, 2.24) is 14.0 Å². The number of carbonyl (C=O) groups excluding carboxylic acids is 1. The Kier molecular flexibility index (Phi) is 3.81. The van der Waals surface area contributed by atoms with Crippen LogP contribution in [0.1, 0.15) is 26.2 Å². The first-order chi connectivity index (χ1) is 10.5. The maximum Gasteiger partial charge on any atom is 0.328 e. The highest BCUT2D eigenvalue weighted by Gasteiger charge is 2.32. The fraction of sp³-hybridized carbons (Fsp3) is 0.529. The summed E-state index contributed by atoms with van der Waals surface area (Å²) in [5.74, 6) is 0.772. The van der Waals surface area contributed by atoms with Gasteiger partial charge in [0.05, 0.1) is 11.0 Å². The van der Waals surface area contributed by atoms with Gasteiger partial charge in [0.15, 0.2) is 0 Å². The lowest BCUT2D eigenvalue weighted by Crippen LogP contribution is -2.37. The number of hydrogen-bond acceptors (Lipinski definition) is 2. The summed E-state index contributed by atoms with van der Waals surface area (Å²) >= 11 is 0. The van der Waals surface area contributed by atoms with Gasteiger partial charge < -0.3 is 4.90 Å². The van der Waals surface area contributed by atoms with Crippen molar-refractivity contribution in [3.63, 3.8) is 0 Å². The van der Waals surface area contributed by atoms with E-state index in [1.807, 2.05) is 36.2 Å². The van der Waals surface area contributed by atoms with Gasteiger partial charge in [0.25, 0.3) is 0 Å². The second-order valence-electron chi connectivity index (χ2n) is 6.31. The van der Waals surface area contributed by atoms with E-state index in [2.05, 4.69) is 6.92 Å². The smallest absolute Gasteiger partial charge is 0.328 e. The van der Waals surface area contributed by atoms with Crippen molar-refractivity contribution in [1.29, 1.82) is 0 Å². The van der Waals surface area contributed by atoms with Crippen LogP contribution in [0.5, 0.6) is 0 Å². The molecule has 0 radical (unpaired) electrons. The fourth-order valence-electron chi connectivity index (χ4n) is 3.09. The predicted molar refractivity (Wildman–Crippen MR) is 86.8 cm³/mol. The molecule has 118 valence electrons. The van der Waals surface area contributed by atoms with E-state index in [1.165, 1.54) is 12.8 Å². The standard InChI is InChI=1S/C17H23N3O2/c1-12(13-8-9-13)18(2)16(21)10-11-20-15-7-5-4-6-14(15)19(3)17(20)22/h4-7,12-13H,8-11H2,1-3H3. The van der Waals surface area contributed by atoms with Crippen LogP contribution in [0.2, 0.25) is 0 Å². The third-order valence-corrected chi connectivity index (χ3v) is 4.91. The molecule has 1 saturated carbocycles. The highest BCUT2D eigenvalue weighted by molar-refractivity contribution is 5.78. The Morgan fingerprint density at radius 3 is 2.59 bits per heavy atom. The van der Waals surface area contributed by atoms with Crippen LogP contribution in [0, 0.1) is 5.92 Å². The van der Waals surface area contributed by atoms with Crippen molar-refractivity contribution in [3.05, 3.63) is 34.7 Å². The first-order valence-corrected chi connectivity index (χ1v) is 7.90. The minimum atomic E-state index is -0.0631. The molecule has 1 aliphatic carbocycles. The molecule has 1 aromatic carbocycles. The monoisotopic (exact) mass is 301 g/mol. The van der Waals surface area contributed by atoms with Crippen LogP contribution in [0.3, 0.4) is 0 Å². The van der Waals surface area contributed by atoms with Crippen molar-refractivity contribution in [3.8, 4) is 0 Å². The topological polar surface area (TPSA) is 47.2 Å². The van der Waals surface area contributed by atoms with Crippen LogP contribution >= 0.6 is 0 Å². The summed E-state index contributed by atoms with van der Waals surface area (Å²) in [6, 6.07) is 7.99. The molecule has 0 spiro atoms. The van der Waals surface area contributed by atoms with E-state index < -0.39 is 0 Å². The van der Waals surface area contributed by atoms with Gasteiger partial charge in [-0.05, 0) is 37.8 Å². The summed E-state index contributed by atoms with van der Waals surface area (Å²) in [4.78, 5) is 26.5. The zero-order chi connectivity index (χ0) is 15.9. The van der Waals surface area contributed by atoms with Crippen LogP contribution < -0.4 is 5.69 Å². The molecule has 0 N–H and O–H groups in total. The molecule has 1 aliphatic rings. The molecule has 2 aromatic rings. The van der Waals surface area contributed by atoms with E-state index in [0.717, 1.165) is 11.0 Å². The average molecular weight is 301 g/mol. The number of hydrogen-bond donors (Lipinski definition) is 0. The van der Waals surface area contributed by atoms with E-state index in [1.54, 1.807) is 16.2 Å². The lowest BCUT2D eigenvalue weighted by Gasteiger charge is -2.25. The van der Waals surface area contributed by atoms with Gasteiger partial charge >= 0.3 is 5.69 Å². The number of amides is 1. The zero-order valence-electron chi connectivity index (χ0n) is 13.5. The highest BCUT2D eigenvalue weighted by Crippen LogP contribution is 2.34. The minimum absolute atomic E-state index is 0.0631. The van der Waals surface area contributed by atoms with Crippen LogP contribution in [-0.2, 0) is 18.4 Å². The lowest BCUT2D eigenvalue weighted by atomic mass is 10.2. The molecule has 0 aliphatic heterocycles. The quantitative estimate of drug-likeness (QED) is 0.848. The molecular formula is C17H23N3O2. The number of imidazole rings is 1. The maximum absolute atomic E-state index is 12.3. The number of nitrogens with zero attached hydrogens (tertiary/aromatic N) is 3. The van der Waals surface area contributed by atoms with Crippen LogP contribution in [-0.4, -0.2) is 33.0 Å². The van der Waals surface area contributed by atoms with E-state index in [4.69, 9.17) is 0 Å². The molecule has 1 aromatic heterocycles. The Morgan fingerprint density at radius 1 is 1.32 bits per heavy atom. The number of aryl methyl sites for hydroxylation is 2. The Hall–Kier alpha value is -2.04. The van der Waals surface area contributed by atoms with Gasteiger partial charge in [-0.3, -0.25) is 13.9 Å². The van der Waals surface area contributed by atoms with E-state index in [0.29, 0.717) is 24.9 Å². The molecule has 1 heterocycles. The van der Waals surface area contributed by atoms with Crippen molar-refractivity contribution >= 4 is 16.9 Å². The first-order valence-electron chi connectivity index (χ1n) is 7.90. The summed E-state index contributed by atoms with van der Waals surface area (Å²) in [6.45, 7) is 2.54. The number of carbonyl (C=O) groups is 1. The number of para-hydroxylation sites is 2. The number of benzene rings is 1. The summed E-state index contributed by atoms with van der Waals surface area (Å²) in [5, 5.41) is 0. The van der Waals surface area contributed by atoms with Gasteiger partial charge in [-0.25, -0.2) is 4.79 Å². The molecule has 1 atom stereocenters. The van der Waals surface area contributed by atoms with E-state index >= 15 is 0 Å². The summed E-state index contributed by atoms with van der Waals surface area (Å²) in [6.07, 6.45) is 2.81. The fourth-order valence-corrected chi connectivity index (χ4v) is 3.09. The summed E-state index contributed by atoms with van der Waals surface area (Å²) in [7, 11) is 3.64. The Balaban J connectivity index is 1.75. The van der Waals surface area contributed by atoms with Crippen molar-refractivity contribution < 1.29 is 4.79 Å². The maximum atomic E-state index is 12.3. The molecule has 1 fully saturated rings. The highest BCUT2D eigenvalue weighted by atomic mass is 16.2. The van der Waals surface area contributed by atoms with Gasteiger partial charge in [0.2, 0.25) is 5.91 Å². The van der Waals surface area contributed by atoms with Gasteiger partial charge in [-0.15, -0.1) is 0 Å². The zero-order valence-corrected chi connectivity index (χ0v) is 13.5. The SMILES string of the molecule is CC(C1CC1)N(C)C(=O)CCn1c(=O)n(C)c2ccccc21. The Bertz CT molecular complexity index is 755. The normalized spacial score (nSPS) is 16.0. The summed E-state index contributed by atoms with van der Waals surface area (Å²) < 4.78 is 3.33. The molecule has 5 nitrogen and oxygen atoms in total. The minimum Gasteiger partial charge on any atom is -0.343 e. The molecule has 1 unspecified atom stereocenters. The first kappa shape index (κ1) is 14.9. The molecule has 0 bridgehead atoms. The second-order valence-corrected chi connectivity index (χ2v) is 6.31. The molecule has 1 amide bonds. The van der Waals surface area contributed by atoms with Crippen molar-refractivity contribution in [2.24, 2.45) is 13.0 Å². The molecular weight excluding hydrogens is 278 g/mol. The lowest BCUT2D eigenvalue weighted by molar-refractivity contribution is -0.132. The summed E-state index contributed by atoms with van der Waals surface area (Å²) in [5.41, 5.74) is 1.73. The molecule has 22 heavy (non-hydrogen) atoms. The number of rotatable bonds is 5. The van der Waals surface area contributed by atoms with Crippen molar-refractivity contribution in [2.75, 3.05) is 7.05 Å². The third-order valence-electron chi connectivity index (χ3n) is 4.91. The van der Waals surface area contributed by atoms with Gasteiger partial charge in [-0.1, -0.05) is 12.1 Å². The molecule has 3 rings (SSSR count). The predicted octanol–water partition coefficient (Wildman–Crippen LogP) is 1.99. The average Bonchev–Trinajstić information content (AvgIpc) is 3.34. The van der Waals surface area contributed by atoms with Gasteiger partial charge in [-0.2, -0.15) is 0 Å². The van der Waals surface area contributed by atoms with Crippen molar-refractivity contribution in [2.45, 2.75) is 38.8 Å². The van der Waals surface area contributed by atoms with Gasteiger partial charge in [0, 0.05) is 33.1 Å². The second kappa shape index (κ2) is 5.63. The Labute approximate surface area is 130 Å². The van der Waals surface area contributed by atoms with Crippen LogP contribution in [0.15, 0.2) is 29.1 Å². The third kappa shape index (κ3) is 2.56. The number of aromatic nitrogens is 2. The van der Waals surface area contributed by atoms with E-state index in [-0.39, 0.29) is 11.6 Å². The van der Waals surface area contributed by atoms with Gasteiger partial charge in [0.1, 0.15) is 0 Å². The molecule has 0 saturated heterocycles.